The van der Waals surface area contributed by atoms with E-state index in [1.54, 1.807) is 30.3 Å². The molecule has 0 saturated carbocycles. The molecule has 0 aliphatic rings. The van der Waals surface area contributed by atoms with Crippen LogP contribution in [-0.4, -0.2) is 74.8 Å². The number of carbonyl (C=O) groups excluding carboxylic acids is 1. The predicted octanol–water partition coefficient (Wildman–Crippen LogP) is -2.07. The molecular weight excluding hydrogens is 348 g/mol. The van der Waals surface area contributed by atoms with Crippen molar-refractivity contribution >= 4 is 17.8 Å². The maximum absolute atomic E-state index is 11.6. The molecule has 1 amide bonds. The SMILES string of the molecule is NC(CC(=O)O)C(=O)NC(Cc1ccccc1)C(=O)O.OCC(O)CO. The fourth-order valence-corrected chi connectivity index (χ4v) is 1.67. The van der Waals surface area contributed by atoms with E-state index in [9.17, 15) is 14.4 Å². The van der Waals surface area contributed by atoms with Crippen molar-refractivity contribution in [1.82, 2.24) is 5.32 Å². The Morgan fingerprint density at radius 2 is 1.58 bits per heavy atom. The lowest BCUT2D eigenvalue weighted by Crippen LogP contribution is -2.49. The summed E-state index contributed by atoms with van der Waals surface area (Å²) in [5.41, 5.74) is 6.12. The van der Waals surface area contributed by atoms with E-state index in [-0.39, 0.29) is 19.6 Å². The number of hydrogen-bond donors (Lipinski definition) is 7. The highest BCUT2D eigenvalue weighted by atomic mass is 16.4. The number of carboxylic acids is 2. The molecule has 0 aliphatic carbocycles. The molecule has 0 heterocycles. The zero-order chi connectivity index (χ0) is 20.1. The summed E-state index contributed by atoms with van der Waals surface area (Å²) in [7, 11) is 0. The predicted molar refractivity (Wildman–Crippen MR) is 90.1 cm³/mol. The van der Waals surface area contributed by atoms with Crippen molar-refractivity contribution in [3.63, 3.8) is 0 Å². The molecule has 146 valence electrons. The quantitative estimate of drug-likeness (QED) is 0.255. The Labute approximate surface area is 149 Å². The van der Waals surface area contributed by atoms with Gasteiger partial charge in [0.15, 0.2) is 0 Å². The van der Waals surface area contributed by atoms with Gasteiger partial charge in [0.25, 0.3) is 0 Å². The number of carbonyl (C=O) groups is 3. The molecule has 0 aromatic heterocycles. The van der Waals surface area contributed by atoms with Crippen LogP contribution >= 0.6 is 0 Å². The van der Waals surface area contributed by atoms with Crippen LogP contribution in [0.1, 0.15) is 12.0 Å². The van der Waals surface area contributed by atoms with Gasteiger partial charge in [-0.3, -0.25) is 9.59 Å². The summed E-state index contributed by atoms with van der Waals surface area (Å²) >= 11 is 0. The molecule has 0 aliphatic heterocycles. The van der Waals surface area contributed by atoms with Gasteiger partial charge in [-0.1, -0.05) is 30.3 Å². The van der Waals surface area contributed by atoms with Gasteiger partial charge in [0, 0.05) is 6.42 Å². The van der Waals surface area contributed by atoms with Gasteiger partial charge in [-0.2, -0.15) is 0 Å². The van der Waals surface area contributed by atoms with Crippen LogP contribution in [0.25, 0.3) is 0 Å². The van der Waals surface area contributed by atoms with Crippen LogP contribution in [0, 0.1) is 0 Å². The van der Waals surface area contributed by atoms with Crippen LogP contribution in [0.15, 0.2) is 30.3 Å². The van der Waals surface area contributed by atoms with Crippen molar-refractivity contribution in [2.75, 3.05) is 13.2 Å². The summed E-state index contributed by atoms with van der Waals surface area (Å²) in [4.78, 5) is 33.2. The normalized spacial score (nSPS) is 12.5. The minimum atomic E-state index is -1.27. The van der Waals surface area contributed by atoms with E-state index in [0.29, 0.717) is 0 Å². The van der Waals surface area contributed by atoms with Gasteiger partial charge in [0.05, 0.1) is 25.7 Å². The highest BCUT2D eigenvalue weighted by Crippen LogP contribution is 2.04. The third-order valence-corrected chi connectivity index (χ3v) is 3.05. The molecule has 26 heavy (non-hydrogen) atoms. The molecule has 10 nitrogen and oxygen atoms in total. The lowest BCUT2D eigenvalue weighted by Gasteiger charge is -2.17. The summed E-state index contributed by atoms with van der Waals surface area (Å²) < 4.78 is 0. The van der Waals surface area contributed by atoms with E-state index < -0.39 is 42.5 Å². The minimum absolute atomic E-state index is 0.0989. The standard InChI is InChI=1S/C13H16N2O5.C3H8O3/c14-9(7-11(16)17)12(18)15-10(13(19)20)6-8-4-2-1-3-5-8;4-1-3(6)2-5/h1-5,9-10H,6-7,14H2,(H,15,18)(H,16,17)(H,19,20);3-6H,1-2H2. The number of rotatable bonds is 9. The van der Waals surface area contributed by atoms with Crippen molar-refractivity contribution in [2.24, 2.45) is 5.73 Å². The number of nitrogens with two attached hydrogens (primary N) is 1. The van der Waals surface area contributed by atoms with Crippen molar-refractivity contribution < 1.29 is 39.9 Å². The highest BCUT2D eigenvalue weighted by Gasteiger charge is 2.24. The molecule has 2 unspecified atom stereocenters. The molecule has 0 spiro atoms. The smallest absolute Gasteiger partial charge is 0.326 e. The average molecular weight is 372 g/mol. The molecule has 1 aromatic rings. The van der Waals surface area contributed by atoms with Gasteiger partial charge in [-0.15, -0.1) is 0 Å². The molecule has 1 rings (SSSR count). The van der Waals surface area contributed by atoms with Crippen molar-refractivity contribution in [2.45, 2.75) is 31.0 Å². The molecule has 2 atom stereocenters. The average Bonchev–Trinajstić information content (AvgIpc) is 2.61. The minimum Gasteiger partial charge on any atom is -0.481 e. The molecule has 10 heteroatoms. The second-order valence-corrected chi connectivity index (χ2v) is 5.31. The number of benzene rings is 1. The summed E-state index contributed by atoms with van der Waals surface area (Å²) in [6.07, 6.45) is -1.41. The third-order valence-electron chi connectivity index (χ3n) is 3.05. The molecule has 0 bridgehead atoms. The molecule has 1 aromatic carbocycles. The van der Waals surface area contributed by atoms with Crippen molar-refractivity contribution in [3.8, 4) is 0 Å². The molecule has 8 N–H and O–H groups in total. The van der Waals surface area contributed by atoms with Crippen molar-refractivity contribution in [3.05, 3.63) is 35.9 Å². The Morgan fingerprint density at radius 3 is 1.96 bits per heavy atom. The Bertz CT molecular complexity index is 563. The van der Waals surface area contributed by atoms with E-state index in [1.165, 1.54) is 0 Å². The van der Waals surface area contributed by atoms with Crippen LogP contribution in [0.2, 0.25) is 0 Å². The van der Waals surface area contributed by atoms with E-state index in [1.807, 2.05) is 0 Å². The van der Waals surface area contributed by atoms with Gasteiger partial charge in [0.2, 0.25) is 5.91 Å². The monoisotopic (exact) mass is 372 g/mol. The highest BCUT2D eigenvalue weighted by molar-refractivity contribution is 5.89. The second-order valence-electron chi connectivity index (χ2n) is 5.31. The number of aliphatic carboxylic acids is 2. The van der Waals surface area contributed by atoms with Gasteiger partial charge in [-0.25, -0.2) is 4.79 Å². The van der Waals surface area contributed by atoms with Gasteiger partial charge >= 0.3 is 11.9 Å². The van der Waals surface area contributed by atoms with Crippen molar-refractivity contribution in [1.29, 1.82) is 0 Å². The van der Waals surface area contributed by atoms with Crippen LogP contribution in [0.3, 0.4) is 0 Å². The molecule has 0 fully saturated rings. The largest absolute Gasteiger partial charge is 0.481 e. The summed E-state index contributed by atoms with van der Waals surface area (Å²) in [5.74, 6) is -3.22. The lowest BCUT2D eigenvalue weighted by atomic mass is 10.1. The first-order valence-electron chi connectivity index (χ1n) is 7.65. The number of carboxylic acid groups (broad SMARTS) is 2. The Kier molecular flexibility index (Phi) is 11.5. The zero-order valence-electron chi connectivity index (χ0n) is 14.0. The Balaban J connectivity index is 0.000000896. The maximum atomic E-state index is 11.6. The Morgan fingerprint density at radius 1 is 1.04 bits per heavy atom. The number of amides is 1. The second kappa shape index (κ2) is 12.8. The van der Waals surface area contributed by atoms with Crippen LogP contribution in [0.4, 0.5) is 0 Å². The van der Waals surface area contributed by atoms with Crippen LogP contribution < -0.4 is 11.1 Å². The number of aliphatic hydroxyl groups is 3. The number of aliphatic hydroxyl groups excluding tert-OH is 3. The first-order valence-corrected chi connectivity index (χ1v) is 7.65. The summed E-state index contributed by atoms with van der Waals surface area (Å²) in [6.45, 7) is -0.729. The van der Waals surface area contributed by atoms with Gasteiger partial charge in [-0.05, 0) is 5.56 Å². The molecular formula is C16H24N2O8. The molecule has 0 saturated heterocycles. The zero-order valence-corrected chi connectivity index (χ0v) is 14.0. The number of hydrogen-bond acceptors (Lipinski definition) is 7. The van der Waals surface area contributed by atoms with Crippen LogP contribution in [-0.2, 0) is 20.8 Å². The first kappa shape index (κ1) is 23.5. The number of nitrogens with one attached hydrogen (secondary N) is 1. The maximum Gasteiger partial charge on any atom is 0.326 e. The van der Waals surface area contributed by atoms with E-state index in [4.69, 9.17) is 31.3 Å². The summed E-state index contributed by atoms with van der Waals surface area (Å²) in [6, 6.07) is 6.35. The van der Waals surface area contributed by atoms with Gasteiger partial charge < -0.3 is 36.6 Å². The fraction of sp³-hybridized carbons (Fsp3) is 0.438. The topological polar surface area (TPSA) is 190 Å². The lowest BCUT2D eigenvalue weighted by molar-refractivity contribution is -0.142. The third kappa shape index (κ3) is 10.4. The molecule has 0 radical (unpaired) electrons. The van der Waals surface area contributed by atoms with E-state index >= 15 is 0 Å². The van der Waals surface area contributed by atoms with Gasteiger partial charge in [0.1, 0.15) is 12.1 Å². The Hall–Kier alpha value is -2.53. The summed E-state index contributed by atoms with van der Waals surface area (Å²) in [5, 5.41) is 43.9. The van der Waals surface area contributed by atoms with E-state index in [2.05, 4.69) is 5.32 Å². The first-order chi connectivity index (χ1) is 12.2. The van der Waals surface area contributed by atoms with E-state index in [0.717, 1.165) is 5.56 Å². The van der Waals surface area contributed by atoms with Crippen LogP contribution in [0.5, 0.6) is 0 Å². The fourth-order valence-electron chi connectivity index (χ4n) is 1.67.